The number of aromatic nitrogens is 1. The van der Waals surface area contributed by atoms with Crippen LogP contribution in [-0.2, 0) is 6.54 Å². The van der Waals surface area contributed by atoms with Crippen LogP contribution in [0.15, 0.2) is 12.3 Å². The molecule has 0 amide bonds. The van der Waals surface area contributed by atoms with Gasteiger partial charge in [-0.25, -0.2) is 0 Å². The fourth-order valence-electron chi connectivity index (χ4n) is 2.83. The minimum atomic E-state index is 0.497. The molecule has 1 aromatic heterocycles. The van der Waals surface area contributed by atoms with E-state index in [1.54, 1.807) is 0 Å². The average Bonchev–Trinajstić information content (AvgIpc) is 2.41. The molecule has 2 heterocycles. The molecule has 20 heavy (non-hydrogen) atoms. The lowest BCUT2D eigenvalue weighted by atomic mass is 10.0. The molecule has 0 aromatic carbocycles. The molecule has 0 aliphatic carbocycles. The Kier molecular flexibility index (Phi) is 5.17. The van der Waals surface area contributed by atoms with Gasteiger partial charge in [-0.05, 0) is 24.0 Å². The van der Waals surface area contributed by atoms with Crippen molar-refractivity contribution in [1.29, 1.82) is 0 Å². The maximum Gasteiger partial charge on any atom is 0.0599 e. The third-order valence-electron chi connectivity index (χ3n) is 3.91. The lowest BCUT2D eigenvalue weighted by Crippen LogP contribution is -2.45. The van der Waals surface area contributed by atoms with Crippen LogP contribution in [0.3, 0.4) is 0 Å². The van der Waals surface area contributed by atoms with Crippen LogP contribution in [0.4, 0.5) is 0 Å². The molecule has 0 saturated carbocycles. The molecule has 0 spiro atoms. The van der Waals surface area contributed by atoms with E-state index < -0.39 is 0 Å². The molecular formula is C17H25N3. The highest BCUT2D eigenvalue weighted by Gasteiger charge is 2.16. The lowest BCUT2D eigenvalue weighted by molar-refractivity contribution is 0.138. The Morgan fingerprint density at radius 1 is 1.25 bits per heavy atom. The van der Waals surface area contributed by atoms with Crippen molar-refractivity contribution < 1.29 is 0 Å². The normalized spacial score (nSPS) is 17.4. The molecule has 0 atom stereocenters. The fraction of sp³-hybridized carbons (Fsp3) is 0.588. The van der Waals surface area contributed by atoms with Gasteiger partial charge in [0.15, 0.2) is 0 Å². The first-order valence-corrected chi connectivity index (χ1v) is 7.43. The van der Waals surface area contributed by atoms with Gasteiger partial charge in [0.1, 0.15) is 0 Å². The predicted octanol–water partition coefficient (Wildman–Crippen LogP) is 2.26. The SMILES string of the molecule is C#CCN1CCN(Cc2cnc(C(C)C)c(C)c2)CC1. The summed E-state index contributed by atoms with van der Waals surface area (Å²) in [5.74, 6) is 3.22. The van der Waals surface area contributed by atoms with Gasteiger partial charge < -0.3 is 0 Å². The Labute approximate surface area is 123 Å². The Balaban J connectivity index is 1.92. The molecule has 1 saturated heterocycles. The van der Waals surface area contributed by atoms with E-state index in [0.717, 1.165) is 39.3 Å². The van der Waals surface area contributed by atoms with Crippen LogP contribution < -0.4 is 0 Å². The minimum Gasteiger partial charge on any atom is -0.296 e. The Bertz CT molecular complexity index is 479. The van der Waals surface area contributed by atoms with Crippen LogP contribution in [-0.4, -0.2) is 47.5 Å². The standard InChI is InChI=1S/C17H25N3/c1-5-6-19-7-9-20(10-8-19)13-16-11-15(4)17(14(2)3)18-12-16/h1,11-12,14H,6-10,13H2,2-4H3. The van der Waals surface area contributed by atoms with E-state index in [1.165, 1.54) is 16.8 Å². The van der Waals surface area contributed by atoms with Crippen LogP contribution in [0.2, 0.25) is 0 Å². The van der Waals surface area contributed by atoms with Gasteiger partial charge in [-0.1, -0.05) is 25.8 Å². The second-order valence-corrected chi connectivity index (χ2v) is 5.96. The summed E-state index contributed by atoms with van der Waals surface area (Å²) in [5, 5.41) is 0. The van der Waals surface area contributed by atoms with E-state index in [2.05, 4.69) is 47.5 Å². The molecule has 3 heteroatoms. The van der Waals surface area contributed by atoms with Gasteiger partial charge in [-0.15, -0.1) is 6.42 Å². The first kappa shape index (κ1) is 15.0. The quantitative estimate of drug-likeness (QED) is 0.783. The van der Waals surface area contributed by atoms with Crippen molar-refractivity contribution in [2.45, 2.75) is 33.2 Å². The van der Waals surface area contributed by atoms with Gasteiger partial charge >= 0.3 is 0 Å². The number of nitrogens with zero attached hydrogens (tertiary/aromatic N) is 3. The van der Waals surface area contributed by atoms with Gasteiger partial charge in [0.2, 0.25) is 0 Å². The monoisotopic (exact) mass is 271 g/mol. The molecule has 108 valence electrons. The van der Waals surface area contributed by atoms with Gasteiger partial charge in [-0.2, -0.15) is 0 Å². The van der Waals surface area contributed by atoms with E-state index in [9.17, 15) is 0 Å². The predicted molar refractivity (Wildman–Crippen MR) is 83.6 cm³/mol. The summed E-state index contributed by atoms with van der Waals surface area (Å²) in [7, 11) is 0. The highest BCUT2D eigenvalue weighted by molar-refractivity contribution is 5.26. The van der Waals surface area contributed by atoms with E-state index in [1.807, 2.05) is 6.20 Å². The van der Waals surface area contributed by atoms with E-state index in [0.29, 0.717) is 5.92 Å². The average molecular weight is 271 g/mol. The summed E-state index contributed by atoms with van der Waals surface area (Å²) in [4.78, 5) is 9.44. The van der Waals surface area contributed by atoms with Crippen LogP contribution in [0.5, 0.6) is 0 Å². The van der Waals surface area contributed by atoms with Crippen molar-refractivity contribution in [3.05, 3.63) is 29.1 Å². The molecule has 2 rings (SSSR count). The lowest BCUT2D eigenvalue weighted by Gasteiger charge is -2.33. The van der Waals surface area contributed by atoms with E-state index in [4.69, 9.17) is 6.42 Å². The summed E-state index contributed by atoms with van der Waals surface area (Å²) < 4.78 is 0. The number of aryl methyl sites for hydroxylation is 1. The zero-order valence-corrected chi connectivity index (χ0v) is 12.9. The van der Waals surface area contributed by atoms with Crippen molar-refractivity contribution >= 4 is 0 Å². The molecule has 0 bridgehead atoms. The van der Waals surface area contributed by atoms with Gasteiger partial charge in [0, 0.05) is 44.6 Å². The minimum absolute atomic E-state index is 0.497. The third-order valence-corrected chi connectivity index (χ3v) is 3.91. The van der Waals surface area contributed by atoms with Crippen molar-refractivity contribution in [1.82, 2.24) is 14.8 Å². The molecule has 1 aliphatic heterocycles. The second kappa shape index (κ2) is 6.88. The number of terminal acetylenes is 1. The van der Waals surface area contributed by atoms with Crippen molar-refractivity contribution in [2.75, 3.05) is 32.7 Å². The molecule has 1 aromatic rings. The number of piperazine rings is 1. The first-order valence-electron chi connectivity index (χ1n) is 7.43. The van der Waals surface area contributed by atoms with Crippen LogP contribution in [0.25, 0.3) is 0 Å². The van der Waals surface area contributed by atoms with Crippen LogP contribution in [0, 0.1) is 19.3 Å². The summed E-state index contributed by atoms with van der Waals surface area (Å²) in [6.45, 7) is 12.6. The Hall–Kier alpha value is -1.37. The van der Waals surface area contributed by atoms with Crippen molar-refractivity contribution in [3.63, 3.8) is 0 Å². The molecule has 0 N–H and O–H groups in total. The second-order valence-electron chi connectivity index (χ2n) is 5.96. The first-order chi connectivity index (χ1) is 9.60. The van der Waals surface area contributed by atoms with E-state index >= 15 is 0 Å². The summed E-state index contributed by atoms with van der Waals surface area (Å²) in [5.41, 5.74) is 3.84. The summed E-state index contributed by atoms with van der Waals surface area (Å²) in [6.07, 6.45) is 7.40. The molecule has 1 fully saturated rings. The topological polar surface area (TPSA) is 19.4 Å². The number of hydrogen-bond donors (Lipinski definition) is 0. The maximum absolute atomic E-state index is 5.36. The van der Waals surface area contributed by atoms with Gasteiger partial charge in [0.05, 0.1) is 6.54 Å². The number of hydrogen-bond acceptors (Lipinski definition) is 3. The molecular weight excluding hydrogens is 246 g/mol. The molecule has 1 aliphatic rings. The van der Waals surface area contributed by atoms with Gasteiger partial charge in [-0.3, -0.25) is 14.8 Å². The van der Waals surface area contributed by atoms with Gasteiger partial charge in [0.25, 0.3) is 0 Å². The van der Waals surface area contributed by atoms with E-state index in [-0.39, 0.29) is 0 Å². The molecule has 0 radical (unpaired) electrons. The third kappa shape index (κ3) is 3.82. The zero-order chi connectivity index (χ0) is 14.5. The highest BCUT2D eigenvalue weighted by atomic mass is 15.3. The summed E-state index contributed by atoms with van der Waals surface area (Å²) in [6, 6.07) is 2.29. The molecule has 3 nitrogen and oxygen atoms in total. The van der Waals surface area contributed by atoms with Crippen molar-refractivity contribution in [2.24, 2.45) is 0 Å². The largest absolute Gasteiger partial charge is 0.296 e. The van der Waals surface area contributed by atoms with Crippen molar-refractivity contribution in [3.8, 4) is 12.3 Å². The maximum atomic E-state index is 5.36. The Morgan fingerprint density at radius 3 is 2.45 bits per heavy atom. The number of rotatable bonds is 4. The fourth-order valence-corrected chi connectivity index (χ4v) is 2.83. The van der Waals surface area contributed by atoms with Crippen LogP contribution >= 0.6 is 0 Å². The molecule has 0 unspecified atom stereocenters. The Morgan fingerprint density at radius 2 is 1.90 bits per heavy atom. The highest BCUT2D eigenvalue weighted by Crippen LogP contribution is 2.18. The summed E-state index contributed by atoms with van der Waals surface area (Å²) >= 11 is 0. The smallest absolute Gasteiger partial charge is 0.0599 e. The zero-order valence-electron chi connectivity index (χ0n) is 12.9. The van der Waals surface area contributed by atoms with Crippen LogP contribution in [0.1, 0.15) is 36.6 Å². The number of pyridine rings is 1.